The topological polar surface area (TPSA) is 46.6 Å². The molecule has 0 spiro atoms. The standard InChI is InChI=1S/C20H19F2NO3/c1-26-20(25)16-4-2-15(3-5-16)19(24)23-7-6-13(12-23)8-14-9-17(21)11-18(22)10-14/h2-5,9-11,13H,6-8,12H2,1H3. The van der Waals surface area contributed by atoms with Crippen LogP contribution in [0.4, 0.5) is 8.78 Å². The number of methoxy groups -OCH3 is 1. The van der Waals surface area contributed by atoms with Crippen LogP contribution in [0.5, 0.6) is 0 Å². The van der Waals surface area contributed by atoms with Gasteiger partial charge < -0.3 is 9.64 Å². The van der Waals surface area contributed by atoms with E-state index in [-0.39, 0.29) is 11.8 Å². The third-order valence-corrected chi connectivity index (χ3v) is 4.57. The van der Waals surface area contributed by atoms with Crippen molar-refractivity contribution in [1.29, 1.82) is 0 Å². The summed E-state index contributed by atoms with van der Waals surface area (Å²) in [6, 6.07) is 9.84. The van der Waals surface area contributed by atoms with Gasteiger partial charge in [0.05, 0.1) is 12.7 Å². The molecular formula is C20H19F2NO3. The van der Waals surface area contributed by atoms with Gasteiger partial charge in [-0.2, -0.15) is 0 Å². The Kier molecular flexibility index (Phi) is 5.30. The molecule has 3 rings (SSSR count). The van der Waals surface area contributed by atoms with Gasteiger partial charge in [-0.25, -0.2) is 13.6 Å². The zero-order valence-electron chi connectivity index (χ0n) is 14.4. The molecule has 0 bridgehead atoms. The molecule has 4 nitrogen and oxygen atoms in total. The molecule has 0 N–H and O–H groups in total. The predicted octanol–water partition coefficient (Wildman–Crippen LogP) is 3.46. The molecule has 1 saturated heterocycles. The van der Waals surface area contributed by atoms with Gasteiger partial charge in [-0.3, -0.25) is 4.79 Å². The van der Waals surface area contributed by atoms with Crippen LogP contribution >= 0.6 is 0 Å². The van der Waals surface area contributed by atoms with Crippen molar-refractivity contribution in [3.63, 3.8) is 0 Å². The predicted molar refractivity (Wildman–Crippen MR) is 91.9 cm³/mol. The highest BCUT2D eigenvalue weighted by Crippen LogP contribution is 2.23. The molecule has 26 heavy (non-hydrogen) atoms. The van der Waals surface area contributed by atoms with Gasteiger partial charge in [-0.1, -0.05) is 0 Å². The van der Waals surface area contributed by atoms with Crippen LogP contribution in [0.15, 0.2) is 42.5 Å². The van der Waals surface area contributed by atoms with Crippen LogP contribution in [-0.4, -0.2) is 37.0 Å². The highest BCUT2D eigenvalue weighted by atomic mass is 19.1. The second kappa shape index (κ2) is 7.64. The number of benzene rings is 2. The molecule has 1 fully saturated rings. The first-order chi connectivity index (χ1) is 12.5. The average Bonchev–Trinajstić information content (AvgIpc) is 3.08. The first kappa shape index (κ1) is 18.0. The Hall–Kier alpha value is -2.76. The maximum atomic E-state index is 13.3. The molecule has 0 radical (unpaired) electrons. The monoisotopic (exact) mass is 359 g/mol. The maximum absolute atomic E-state index is 13.3. The SMILES string of the molecule is COC(=O)c1ccc(C(=O)N2CCC(Cc3cc(F)cc(F)c3)C2)cc1. The van der Waals surface area contributed by atoms with Crippen molar-refractivity contribution in [2.24, 2.45) is 5.92 Å². The maximum Gasteiger partial charge on any atom is 0.337 e. The lowest BCUT2D eigenvalue weighted by Crippen LogP contribution is -2.29. The van der Waals surface area contributed by atoms with Crippen molar-refractivity contribution in [3.05, 3.63) is 70.8 Å². The third kappa shape index (κ3) is 4.07. The van der Waals surface area contributed by atoms with E-state index in [1.165, 1.54) is 19.2 Å². The quantitative estimate of drug-likeness (QED) is 0.786. The number of amides is 1. The van der Waals surface area contributed by atoms with Crippen LogP contribution in [0, 0.1) is 17.6 Å². The number of halogens is 2. The van der Waals surface area contributed by atoms with Gasteiger partial charge in [0.25, 0.3) is 5.91 Å². The average molecular weight is 359 g/mol. The molecule has 0 aliphatic carbocycles. The van der Waals surface area contributed by atoms with Crippen LogP contribution in [0.3, 0.4) is 0 Å². The molecule has 1 atom stereocenters. The van der Waals surface area contributed by atoms with E-state index in [2.05, 4.69) is 4.74 Å². The summed E-state index contributed by atoms with van der Waals surface area (Å²) in [4.78, 5) is 25.8. The Morgan fingerprint density at radius 3 is 2.31 bits per heavy atom. The van der Waals surface area contributed by atoms with E-state index in [1.807, 2.05) is 0 Å². The highest BCUT2D eigenvalue weighted by Gasteiger charge is 2.27. The van der Waals surface area contributed by atoms with Crippen LogP contribution in [-0.2, 0) is 11.2 Å². The highest BCUT2D eigenvalue weighted by molar-refractivity contribution is 5.96. The van der Waals surface area contributed by atoms with E-state index in [0.717, 1.165) is 12.5 Å². The Bertz CT molecular complexity index is 800. The fourth-order valence-electron chi connectivity index (χ4n) is 3.30. The molecule has 2 aromatic rings. The van der Waals surface area contributed by atoms with Gasteiger partial charge in [0.15, 0.2) is 0 Å². The molecule has 1 aliphatic rings. The van der Waals surface area contributed by atoms with Gasteiger partial charge in [0.1, 0.15) is 11.6 Å². The van der Waals surface area contributed by atoms with Crippen LogP contribution < -0.4 is 0 Å². The zero-order valence-corrected chi connectivity index (χ0v) is 14.4. The normalized spacial score (nSPS) is 16.6. The third-order valence-electron chi connectivity index (χ3n) is 4.57. The van der Waals surface area contributed by atoms with Crippen molar-refractivity contribution in [2.75, 3.05) is 20.2 Å². The minimum Gasteiger partial charge on any atom is -0.465 e. The second-order valence-corrected chi connectivity index (χ2v) is 6.46. The number of esters is 1. The van der Waals surface area contributed by atoms with Gasteiger partial charge in [0, 0.05) is 24.7 Å². The Morgan fingerprint density at radius 2 is 1.69 bits per heavy atom. The Balaban J connectivity index is 1.62. The number of rotatable bonds is 4. The number of nitrogens with zero attached hydrogens (tertiary/aromatic N) is 1. The summed E-state index contributed by atoms with van der Waals surface area (Å²) in [5.74, 6) is -1.58. The minimum atomic E-state index is -0.586. The molecule has 1 heterocycles. The number of carbonyl (C=O) groups is 2. The number of hydrogen-bond acceptors (Lipinski definition) is 3. The largest absolute Gasteiger partial charge is 0.465 e. The van der Waals surface area contributed by atoms with E-state index in [9.17, 15) is 18.4 Å². The van der Waals surface area contributed by atoms with Gasteiger partial charge >= 0.3 is 5.97 Å². The van der Waals surface area contributed by atoms with Crippen LogP contribution in [0.2, 0.25) is 0 Å². The van der Waals surface area contributed by atoms with E-state index < -0.39 is 17.6 Å². The molecule has 6 heteroatoms. The van der Waals surface area contributed by atoms with Crippen molar-refractivity contribution in [2.45, 2.75) is 12.8 Å². The van der Waals surface area contributed by atoms with E-state index in [4.69, 9.17) is 0 Å². The summed E-state index contributed by atoms with van der Waals surface area (Å²) < 4.78 is 31.2. The number of ether oxygens (including phenoxy) is 1. The lowest BCUT2D eigenvalue weighted by molar-refractivity contribution is 0.0600. The van der Waals surface area contributed by atoms with E-state index in [1.54, 1.807) is 29.2 Å². The van der Waals surface area contributed by atoms with Crippen molar-refractivity contribution in [3.8, 4) is 0 Å². The molecule has 1 aliphatic heterocycles. The summed E-state index contributed by atoms with van der Waals surface area (Å²) in [6.45, 7) is 1.13. The van der Waals surface area contributed by atoms with E-state index in [0.29, 0.717) is 36.2 Å². The smallest absolute Gasteiger partial charge is 0.337 e. The summed E-state index contributed by atoms with van der Waals surface area (Å²) >= 11 is 0. The summed E-state index contributed by atoms with van der Waals surface area (Å²) in [5, 5.41) is 0. The van der Waals surface area contributed by atoms with Gasteiger partial charge in [0.2, 0.25) is 0 Å². The van der Waals surface area contributed by atoms with Crippen LogP contribution in [0.25, 0.3) is 0 Å². The van der Waals surface area contributed by atoms with Crippen LogP contribution in [0.1, 0.15) is 32.7 Å². The molecule has 136 valence electrons. The fraction of sp³-hybridized carbons (Fsp3) is 0.300. The molecule has 1 unspecified atom stereocenters. The van der Waals surface area contributed by atoms with E-state index >= 15 is 0 Å². The molecule has 0 aromatic heterocycles. The Labute approximate surface area is 150 Å². The van der Waals surface area contributed by atoms with Crippen molar-refractivity contribution in [1.82, 2.24) is 4.90 Å². The number of carbonyl (C=O) groups excluding carboxylic acids is 2. The fourth-order valence-corrected chi connectivity index (χ4v) is 3.30. The Morgan fingerprint density at radius 1 is 1.08 bits per heavy atom. The minimum absolute atomic E-state index is 0.116. The molecular weight excluding hydrogens is 340 g/mol. The van der Waals surface area contributed by atoms with Crippen molar-refractivity contribution < 1.29 is 23.1 Å². The molecule has 1 amide bonds. The van der Waals surface area contributed by atoms with Crippen molar-refractivity contribution >= 4 is 11.9 Å². The number of hydrogen-bond donors (Lipinski definition) is 0. The zero-order chi connectivity index (χ0) is 18.7. The summed E-state index contributed by atoms with van der Waals surface area (Å²) in [6.07, 6.45) is 1.31. The lowest BCUT2D eigenvalue weighted by atomic mass is 9.98. The lowest BCUT2D eigenvalue weighted by Gasteiger charge is -2.17. The molecule has 0 saturated carbocycles. The summed E-state index contributed by atoms with van der Waals surface area (Å²) in [5.41, 5.74) is 1.48. The first-order valence-electron chi connectivity index (χ1n) is 8.39. The molecule has 2 aromatic carbocycles. The first-order valence-corrected chi connectivity index (χ1v) is 8.39. The van der Waals surface area contributed by atoms with Gasteiger partial charge in [-0.05, 0) is 60.7 Å². The second-order valence-electron chi connectivity index (χ2n) is 6.46. The van der Waals surface area contributed by atoms with Gasteiger partial charge in [-0.15, -0.1) is 0 Å². The number of likely N-dealkylation sites (tertiary alicyclic amines) is 1. The summed E-state index contributed by atoms with van der Waals surface area (Å²) in [7, 11) is 1.30.